The predicted octanol–water partition coefficient (Wildman–Crippen LogP) is 5.09. The summed E-state index contributed by atoms with van der Waals surface area (Å²) in [4.78, 5) is 20.0. The smallest absolute Gasteiger partial charge is 0.274 e. The fraction of sp³-hybridized carbons (Fsp3) is 0.696. The minimum atomic E-state index is -0.0560. The minimum absolute atomic E-state index is 0.0560. The second kappa shape index (κ2) is 7.84. The number of amides is 1. The van der Waals surface area contributed by atoms with Crippen molar-refractivity contribution in [1.29, 1.82) is 0 Å². The number of fused-ring (bicyclic) bond motifs is 1. The van der Waals surface area contributed by atoms with Crippen molar-refractivity contribution in [2.45, 2.75) is 89.9 Å². The van der Waals surface area contributed by atoms with Gasteiger partial charge >= 0.3 is 0 Å². The van der Waals surface area contributed by atoms with Crippen molar-refractivity contribution in [2.24, 2.45) is 0 Å². The number of hydrogen-bond donors (Lipinski definition) is 0. The van der Waals surface area contributed by atoms with E-state index in [9.17, 15) is 4.79 Å². The van der Waals surface area contributed by atoms with Gasteiger partial charge in [-0.2, -0.15) is 5.10 Å². The molecule has 1 aliphatic carbocycles. The van der Waals surface area contributed by atoms with E-state index in [1.54, 1.807) is 0 Å². The molecule has 0 unspecified atom stereocenters. The maximum absolute atomic E-state index is 13.1. The Morgan fingerprint density at radius 2 is 1.61 bits per heavy atom. The number of carbonyl (C=O) groups is 1. The molecular formula is C23H34N4O. The molecule has 1 saturated heterocycles. The van der Waals surface area contributed by atoms with E-state index >= 15 is 0 Å². The van der Waals surface area contributed by atoms with Gasteiger partial charge < -0.3 is 4.90 Å². The van der Waals surface area contributed by atoms with E-state index in [2.05, 4.69) is 26.8 Å². The Morgan fingerprint density at radius 1 is 0.964 bits per heavy atom. The van der Waals surface area contributed by atoms with Crippen molar-refractivity contribution < 1.29 is 4.79 Å². The first-order valence-electron chi connectivity index (χ1n) is 11.1. The van der Waals surface area contributed by atoms with Gasteiger partial charge in [0.2, 0.25) is 0 Å². The van der Waals surface area contributed by atoms with E-state index in [1.807, 2.05) is 15.5 Å². The SMILES string of the molecule is CC(C)(C)c1cc(C2CCCCC2)nc2cc(C(=O)N3CCCCCC3)nn12. The van der Waals surface area contributed by atoms with Crippen LogP contribution >= 0.6 is 0 Å². The lowest BCUT2D eigenvalue weighted by molar-refractivity contribution is 0.0755. The zero-order valence-corrected chi connectivity index (χ0v) is 17.7. The highest BCUT2D eigenvalue weighted by Gasteiger charge is 2.26. The lowest BCUT2D eigenvalue weighted by Crippen LogP contribution is -2.32. The molecule has 2 aromatic rings. The molecule has 2 aliphatic rings. The van der Waals surface area contributed by atoms with Crippen LogP contribution in [0.15, 0.2) is 12.1 Å². The zero-order valence-electron chi connectivity index (χ0n) is 17.7. The Hall–Kier alpha value is -1.91. The standard InChI is InChI=1S/C23H34N4O/c1-23(2,3)20-15-18(17-11-7-6-8-12-17)24-21-16-19(25-27(20)21)22(28)26-13-9-4-5-10-14-26/h15-17H,4-14H2,1-3H3. The van der Waals surface area contributed by atoms with Crippen molar-refractivity contribution in [3.05, 3.63) is 29.2 Å². The third kappa shape index (κ3) is 3.94. The molecule has 2 fully saturated rings. The molecule has 4 rings (SSSR count). The number of carbonyl (C=O) groups excluding carboxylic acids is 1. The van der Waals surface area contributed by atoms with Gasteiger partial charge in [-0.05, 0) is 31.7 Å². The van der Waals surface area contributed by atoms with Gasteiger partial charge in [0.15, 0.2) is 11.3 Å². The molecular weight excluding hydrogens is 348 g/mol. The molecule has 28 heavy (non-hydrogen) atoms. The molecule has 5 heteroatoms. The summed E-state index contributed by atoms with van der Waals surface area (Å²) in [6.07, 6.45) is 11.0. The molecule has 0 radical (unpaired) electrons. The molecule has 1 amide bonds. The first-order chi connectivity index (χ1) is 13.4. The van der Waals surface area contributed by atoms with Crippen LogP contribution in [0.4, 0.5) is 0 Å². The molecule has 152 valence electrons. The van der Waals surface area contributed by atoms with Crippen molar-refractivity contribution in [3.8, 4) is 0 Å². The van der Waals surface area contributed by atoms with Gasteiger partial charge in [-0.3, -0.25) is 4.79 Å². The quantitative estimate of drug-likeness (QED) is 0.727. The van der Waals surface area contributed by atoms with Gasteiger partial charge in [0.05, 0.1) is 5.69 Å². The van der Waals surface area contributed by atoms with E-state index in [-0.39, 0.29) is 11.3 Å². The maximum Gasteiger partial charge on any atom is 0.274 e. The van der Waals surface area contributed by atoms with Crippen molar-refractivity contribution in [1.82, 2.24) is 19.5 Å². The highest BCUT2D eigenvalue weighted by molar-refractivity contribution is 5.93. The van der Waals surface area contributed by atoms with Gasteiger partial charge in [-0.15, -0.1) is 0 Å². The van der Waals surface area contributed by atoms with Crippen LogP contribution in [0.25, 0.3) is 5.65 Å². The summed E-state index contributed by atoms with van der Waals surface area (Å²) >= 11 is 0. The average molecular weight is 383 g/mol. The largest absolute Gasteiger partial charge is 0.337 e. The lowest BCUT2D eigenvalue weighted by Gasteiger charge is -2.25. The Balaban J connectivity index is 1.73. The third-order valence-electron chi connectivity index (χ3n) is 6.35. The first kappa shape index (κ1) is 19.4. The van der Waals surface area contributed by atoms with E-state index < -0.39 is 0 Å². The van der Waals surface area contributed by atoms with Crippen molar-refractivity contribution >= 4 is 11.6 Å². The fourth-order valence-corrected chi connectivity index (χ4v) is 4.68. The minimum Gasteiger partial charge on any atom is -0.337 e. The number of aromatic nitrogens is 3. The van der Waals surface area contributed by atoms with E-state index in [4.69, 9.17) is 10.1 Å². The Bertz CT molecular complexity index is 834. The zero-order chi connectivity index (χ0) is 19.7. The van der Waals surface area contributed by atoms with Crippen molar-refractivity contribution in [3.63, 3.8) is 0 Å². The number of nitrogens with zero attached hydrogens (tertiary/aromatic N) is 4. The molecule has 3 heterocycles. The summed E-state index contributed by atoms with van der Waals surface area (Å²) < 4.78 is 1.91. The summed E-state index contributed by atoms with van der Waals surface area (Å²) in [5, 5.41) is 4.73. The second-order valence-electron chi connectivity index (χ2n) is 9.66. The number of hydrogen-bond acceptors (Lipinski definition) is 3. The summed E-state index contributed by atoms with van der Waals surface area (Å²) in [7, 11) is 0. The van der Waals surface area contributed by atoms with Crippen LogP contribution in [0, 0.1) is 0 Å². The van der Waals surface area contributed by atoms with Crippen LogP contribution in [-0.4, -0.2) is 38.5 Å². The Kier molecular flexibility index (Phi) is 5.44. The van der Waals surface area contributed by atoms with Gasteiger partial charge in [0, 0.05) is 36.2 Å². The monoisotopic (exact) mass is 382 g/mol. The fourth-order valence-electron chi connectivity index (χ4n) is 4.68. The van der Waals surface area contributed by atoms with Crippen LogP contribution in [0.5, 0.6) is 0 Å². The molecule has 0 spiro atoms. The molecule has 0 atom stereocenters. The highest BCUT2D eigenvalue weighted by Crippen LogP contribution is 2.34. The van der Waals surface area contributed by atoms with E-state index in [0.717, 1.165) is 37.3 Å². The molecule has 1 saturated carbocycles. The second-order valence-corrected chi connectivity index (χ2v) is 9.66. The average Bonchev–Trinajstić information content (AvgIpc) is 2.92. The van der Waals surface area contributed by atoms with Gasteiger partial charge in [0.1, 0.15) is 0 Å². The summed E-state index contributed by atoms with van der Waals surface area (Å²) in [5.74, 6) is 0.603. The lowest BCUT2D eigenvalue weighted by atomic mass is 9.84. The highest BCUT2D eigenvalue weighted by atomic mass is 16.2. The number of likely N-dealkylation sites (tertiary alicyclic amines) is 1. The molecule has 0 N–H and O–H groups in total. The van der Waals surface area contributed by atoms with Crippen LogP contribution in [0.1, 0.15) is 106 Å². The Labute approximate surface area is 168 Å². The van der Waals surface area contributed by atoms with Gasteiger partial charge in [0.25, 0.3) is 5.91 Å². The van der Waals surface area contributed by atoms with Gasteiger partial charge in [-0.1, -0.05) is 52.9 Å². The van der Waals surface area contributed by atoms with Crippen LogP contribution < -0.4 is 0 Å². The van der Waals surface area contributed by atoms with E-state index in [0.29, 0.717) is 11.6 Å². The van der Waals surface area contributed by atoms with Crippen LogP contribution in [0.3, 0.4) is 0 Å². The summed E-state index contributed by atoms with van der Waals surface area (Å²) in [5.41, 5.74) is 3.64. The predicted molar refractivity (Wildman–Crippen MR) is 112 cm³/mol. The molecule has 0 aromatic carbocycles. The third-order valence-corrected chi connectivity index (χ3v) is 6.35. The molecule has 0 bridgehead atoms. The Morgan fingerprint density at radius 3 is 2.25 bits per heavy atom. The van der Waals surface area contributed by atoms with Crippen LogP contribution in [-0.2, 0) is 5.41 Å². The normalized spacial score (nSPS) is 19.8. The molecule has 1 aliphatic heterocycles. The first-order valence-corrected chi connectivity index (χ1v) is 11.1. The van der Waals surface area contributed by atoms with Crippen molar-refractivity contribution in [2.75, 3.05) is 13.1 Å². The summed E-state index contributed by atoms with van der Waals surface area (Å²) in [6.45, 7) is 8.33. The molecule has 5 nitrogen and oxygen atoms in total. The maximum atomic E-state index is 13.1. The van der Waals surface area contributed by atoms with Crippen LogP contribution in [0.2, 0.25) is 0 Å². The van der Waals surface area contributed by atoms with Gasteiger partial charge in [-0.25, -0.2) is 9.50 Å². The number of rotatable bonds is 2. The topological polar surface area (TPSA) is 50.5 Å². The molecule has 2 aromatic heterocycles. The summed E-state index contributed by atoms with van der Waals surface area (Å²) in [6, 6.07) is 4.16. The van der Waals surface area contributed by atoms with E-state index in [1.165, 1.54) is 50.6 Å².